The Labute approximate surface area is 126 Å². The lowest BCUT2D eigenvalue weighted by molar-refractivity contribution is -0.120. The van der Waals surface area contributed by atoms with Crippen LogP contribution < -0.4 is 10.6 Å². The fourth-order valence-corrected chi connectivity index (χ4v) is 2.57. The van der Waals surface area contributed by atoms with E-state index in [1.54, 1.807) is 7.05 Å². The number of hydrogen-bond donors (Lipinski definition) is 2. The van der Waals surface area contributed by atoms with Gasteiger partial charge in [-0.2, -0.15) is 0 Å². The highest BCUT2D eigenvalue weighted by molar-refractivity contribution is 5.77. The van der Waals surface area contributed by atoms with Crippen molar-refractivity contribution in [1.29, 1.82) is 0 Å². The Kier molecular flexibility index (Phi) is 6.17. The second-order valence-electron chi connectivity index (χ2n) is 5.41. The molecule has 1 amide bonds. The van der Waals surface area contributed by atoms with E-state index in [1.807, 2.05) is 0 Å². The second kappa shape index (κ2) is 8.12. The van der Waals surface area contributed by atoms with Gasteiger partial charge in [0.25, 0.3) is 0 Å². The molecular weight excluding hydrogens is 266 g/mol. The number of benzene rings is 1. The van der Waals surface area contributed by atoms with Gasteiger partial charge in [0.05, 0.1) is 25.8 Å². The molecule has 0 spiro atoms. The first kappa shape index (κ1) is 15.9. The SMILES string of the molecule is CNCC(=O)NCC(c1ccc(C)cc1)N1CCOCC1. The molecule has 1 saturated heterocycles. The molecule has 5 heteroatoms. The molecule has 1 aliphatic rings. The van der Waals surface area contributed by atoms with E-state index in [0.29, 0.717) is 13.1 Å². The van der Waals surface area contributed by atoms with Crippen molar-refractivity contribution in [2.24, 2.45) is 0 Å². The second-order valence-corrected chi connectivity index (χ2v) is 5.41. The van der Waals surface area contributed by atoms with Crippen molar-refractivity contribution in [2.45, 2.75) is 13.0 Å². The van der Waals surface area contributed by atoms with Gasteiger partial charge in [0.15, 0.2) is 0 Å². The highest BCUT2D eigenvalue weighted by Crippen LogP contribution is 2.21. The van der Waals surface area contributed by atoms with Crippen molar-refractivity contribution in [1.82, 2.24) is 15.5 Å². The molecule has 0 aromatic heterocycles. The molecule has 1 aliphatic heterocycles. The zero-order valence-electron chi connectivity index (χ0n) is 12.9. The van der Waals surface area contributed by atoms with E-state index in [9.17, 15) is 4.79 Å². The van der Waals surface area contributed by atoms with Gasteiger partial charge in [-0.1, -0.05) is 29.8 Å². The lowest BCUT2D eigenvalue weighted by atomic mass is 10.0. The Morgan fingerprint density at radius 3 is 2.57 bits per heavy atom. The van der Waals surface area contributed by atoms with Crippen LogP contribution >= 0.6 is 0 Å². The molecule has 116 valence electrons. The van der Waals surface area contributed by atoms with Gasteiger partial charge < -0.3 is 15.4 Å². The fraction of sp³-hybridized carbons (Fsp3) is 0.562. The average molecular weight is 291 g/mol. The molecule has 1 heterocycles. The number of morpholine rings is 1. The number of amides is 1. The minimum atomic E-state index is 0.0304. The number of aryl methyl sites for hydroxylation is 1. The quantitative estimate of drug-likeness (QED) is 0.810. The average Bonchev–Trinajstić information content (AvgIpc) is 2.50. The predicted octanol–water partition coefficient (Wildman–Crippen LogP) is 0.704. The van der Waals surface area contributed by atoms with Crippen LogP contribution in [-0.4, -0.2) is 57.2 Å². The first-order valence-electron chi connectivity index (χ1n) is 7.50. The van der Waals surface area contributed by atoms with Crippen LogP contribution in [-0.2, 0) is 9.53 Å². The number of nitrogens with zero attached hydrogens (tertiary/aromatic N) is 1. The molecule has 2 rings (SSSR count). The third kappa shape index (κ3) is 4.81. The van der Waals surface area contributed by atoms with E-state index in [2.05, 4.69) is 46.7 Å². The summed E-state index contributed by atoms with van der Waals surface area (Å²) in [5.41, 5.74) is 2.49. The van der Waals surface area contributed by atoms with Gasteiger partial charge in [-0.3, -0.25) is 9.69 Å². The minimum absolute atomic E-state index is 0.0304. The summed E-state index contributed by atoms with van der Waals surface area (Å²) in [4.78, 5) is 14.1. The maximum absolute atomic E-state index is 11.7. The number of ether oxygens (including phenoxy) is 1. The van der Waals surface area contributed by atoms with Gasteiger partial charge in [-0.05, 0) is 19.5 Å². The number of hydrogen-bond acceptors (Lipinski definition) is 4. The third-order valence-electron chi connectivity index (χ3n) is 3.78. The molecule has 5 nitrogen and oxygen atoms in total. The van der Waals surface area contributed by atoms with Crippen molar-refractivity contribution in [3.8, 4) is 0 Å². The van der Waals surface area contributed by atoms with E-state index in [0.717, 1.165) is 26.3 Å². The number of rotatable bonds is 6. The Hall–Kier alpha value is -1.43. The summed E-state index contributed by atoms with van der Waals surface area (Å²) in [6.07, 6.45) is 0. The Balaban J connectivity index is 2.05. The first-order valence-corrected chi connectivity index (χ1v) is 7.50. The zero-order chi connectivity index (χ0) is 15.1. The van der Waals surface area contributed by atoms with Crippen molar-refractivity contribution < 1.29 is 9.53 Å². The molecule has 1 fully saturated rings. The molecule has 1 aromatic carbocycles. The molecule has 2 N–H and O–H groups in total. The molecule has 0 bridgehead atoms. The van der Waals surface area contributed by atoms with Crippen LogP contribution in [0, 0.1) is 6.92 Å². The number of likely N-dealkylation sites (N-methyl/N-ethyl adjacent to an activating group) is 1. The molecule has 1 atom stereocenters. The fourth-order valence-electron chi connectivity index (χ4n) is 2.57. The van der Waals surface area contributed by atoms with E-state index < -0.39 is 0 Å². The molecule has 1 unspecified atom stereocenters. The van der Waals surface area contributed by atoms with E-state index in [-0.39, 0.29) is 11.9 Å². The maximum Gasteiger partial charge on any atom is 0.234 e. The summed E-state index contributed by atoms with van der Waals surface area (Å²) in [5, 5.41) is 5.88. The zero-order valence-corrected chi connectivity index (χ0v) is 12.9. The predicted molar refractivity (Wildman–Crippen MR) is 83.2 cm³/mol. The monoisotopic (exact) mass is 291 g/mol. The lowest BCUT2D eigenvalue weighted by Crippen LogP contribution is -2.44. The van der Waals surface area contributed by atoms with Crippen LogP contribution in [0.4, 0.5) is 0 Å². The van der Waals surface area contributed by atoms with Gasteiger partial charge in [0, 0.05) is 19.6 Å². The Morgan fingerprint density at radius 1 is 1.29 bits per heavy atom. The summed E-state index contributed by atoms with van der Waals surface area (Å²) in [5.74, 6) is 0.0304. The van der Waals surface area contributed by atoms with Gasteiger partial charge in [0.1, 0.15) is 0 Å². The largest absolute Gasteiger partial charge is 0.379 e. The van der Waals surface area contributed by atoms with Crippen molar-refractivity contribution in [2.75, 3.05) is 46.4 Å². The van der Waals surface area contributed by atoms with Crippen molar-refractivity contribution >= 4 is 5.91 Å². The van der Waals surface area contributed by atoms with Gasteiger partial charge in [-0.25, -0.2) is 0 Å². The Bertz CT molecular complexity index is 441. The molecule has 0 aliphatic carbocycles. The van der Waals surface area contributed by atoms with Crippen molar-refractivity contribution in [3.05, 3.63) is 35.4 Å². The number of nitrogens with one attached hydrogen (secondary N) is 2. The van der Waals surface area contributed by atoms with Crippen LogP contribution in [0.1, 0.15) is 17.2 Å². The van der Waals surface area contributed by atoms with Crippen LogP contribution in [0.25, 0.3) is 0 Å². The van der Waals surface area contributed by atoms with Gasteiger partial charge in [-0.15, -0.1) is 0 Å². The minimum Gasteiger partial charge on any atom is -0.379 e. The summed E-state index contributed by atoms with van der Waals surface area (Å²) in [7, 11) is 1.78. The molecular formula is C16H25N3O2. The molecule has 0 radical (unpaired) electrons. The summed E-state index contributed by atoms with van der Waals surface area (Å²) >= 11 is 0. The van der Waals surface area contributed by atoms with Crippen LogP contribution in [0.2, 0.25) is 0 Å². The van der Waals surface area contributed by atoms with Crippen LogP contribution in [0.5, 0.6) is 0 Å². The number of carbonyl (C=O) groups is 1. The molecule has 0 saturated carbocycles. The van der Waals surface area contributed by atoms with Crippen LogP contribution in [0.3, 0.4) is 0 Å². The standard InChI is InChI=1S/C16H25N3O2/c1-13-3-5-14(6-4-13)15(11-18-16(20)12-17-2)19-7-9-21-10-8-19/h3-6,15,17H,7-12H2,1-2H3,(H,18,20). The van der Waals surface area contributed by atoms with Gasteiger partial charge >= 0.3 is 0 Å². The summed E-state index contributed by atoms with van der Waals surface area (Å²) in [6.45, 7) is 6.38. The Morgan fingerprint density at radius 2 is 1.95 bits per heavy atom. The first-order chi connectivity index (χ1) is 10.2. The highest BCUT2D eigenvalue weighted by atomic mass is 16.5. The third-order valence-corrected chi connectivity index (χ3v) is 3.78. The van der Waals surface area contributed by atoms with Crippen molar-refractivity contribution in [3.63, 3.8) is 0 Å². The molecule has 21 heavy (non-hydrogen) atoms. The summed E-state index contributed by atoms with van der Waals surface area (Å²) in [6, 6.07) is 8.76. The normalized spacial score (nSPS) is 17.4. The van der Waals surface area contributed by atoms with E-state index in [4.69, 9.17) is 4.74 Å². The van der Waals surface area contributed by atoms with Gasteiger partial charge in [0.2, 0.25) is 5.91 Å². The number of carbonyl (C=O) groups excluding carboxylic acids is 1. The topological polar surface area (TPSA) is 53.6 Å². The smallest absolute Gasteiger partial charge is 0.234 e. The lowest BCUT2D eigenvalue weighted by Gasteiger charge is -2.35. The molecule has 1 aromatic rings. The maximum atomic E-state index is 11.7. The van der Waals surface area contributed by atoms with Crippen LogP contribution in [0.15, 0.2) is 24.3 Å². The highest BCUT2D eigenvalue weighted by Gasteiger charge is 2.22. The summed E-state index contributed by atoms with van der Waals surface area (Å²) < 4.78 is 5.43. The van der Waals surface area contributed by atoms with E-state index >= 15 is 0 Å². The van der Waals surface area contributed by atoms with E-state index in [1.165, 1.54) is 11.1 Å².